The molecule has 0 aliphatic carbocycles. The van der Waals surface area contributed by atoms with Gasteiger partial charge in [0.2, 0.25) is 0 Å². The number of nitrogens with one attached hydrogen (secondary N) is 2. The summed E-state index contributed by atoms with van der Waals surface area (Å²) >= 11 is 0. The third-order valence-electron chi connectivity index (χ3n) is 3.84. The number of esters is 1. The molecular formula is C18H24N2O6. The van der Waals surface area contributed by atoms with Crippen molar-refractivity contribution in [3.63, 3.8) is 0 Å². The summed E-state index contributed by atoms with van der Waals surface area (Å²) in [7, 11) is 3.05. The first-order valence-electron chi connectivity index (χ1n) is 8.27. The standard InChI is InChI=1S/C18H24N2O6/c1-5-25-16-12(7-6-8-13(16)24-4)15-14(11(2)19-18(22)20-15)17(21)26-10-9-23-3/h6-8,15H,5,9-10H2,1-4H3,(H2,19,20,22)/t15-/m1/s1. The molecule has 26 heavy (non-hydrogen) atoms. The third kappa shape index (κ3) is 4.26. The summed E-state index contributed by atoms with van der Waals surface area (Å²) in [6.07, 6.45) is 0. The smallest absolute Gasteiger partial charge is 0.338 e. The lowest BCUT2D eigenvalue weighted by Gasteiger charge is -2.29. The average molecular weight is 364 g/mol. The second-order valence-corrected chi connectivity index (χ2v) is 5.51. The maximum Gasteiger partial charge on any atom is 0.338 e. The van der Waals surface area contributed by atoms with Crippen LogP contribution in [0.3, 0.4) is 0 Å². The molecule has 2 amide bonds. The van der Waals surface area contributed by atoms with Gasteiger partial charge in [0.15, 0.2) is 11.5 Å². The molecule has 0 unspecified atom stereocenters. The van der Waals surface area contributed by atoms with E-state index in [0.29, 0.717) is 34.9 Å². The van der Waals surface area contributed by atoms with Crippen molar-refractivity contribution >= 4 is 12.0 Å². The van der Waals surface area contributed by atoms with Crippen molar-refractivity contribution in [1.82, 2.24) is 10.6 Å². The summed E-state index contributed by atoms with van der Waals surface area (Å²) in [6.45, 7) is 4.30. The van der Waals surface area contributed by atoms with Crippen LogP contribution in [0.25, 0.3) is 0 Å². The largest absolute Gasteiger partial charge is 0.493 e. The van der Waals surface area contributed by atoms with Crippen LogP contribution in [0.15, 0.2) is 29.5 Å². The number of urea groups is 1. The predicted octanol–water partition coefficient (Wildman–Crippen LogP) is 1.91. The van der Waals surface area contributed by atoms with E-state index < -0.39 is 18.0 Å². The van der Waals surface area contributed by atoms with Gasteiger partial charge in [-0.2, -0.15) is 0 Å². The lowest BCUT2D eigenvalue weighted by atomic mass is 9.94. The molecule has 2 N–H and O–H groups in total. The van der Waals surface area contributed by atoms with Crippen LogP contribution in [0.4, 0.5) is 4.79 Å². The average Bonchev–Trinajstić information content (AvgIpc) is 2.61. The van der Waals surface area contributed by atoms with Crippen molar-refractivity contribution in [2.45, 2.75) is 19.9 Å². The molecule has 8 heteroatoms. The van der Waals surface area contributed by atoms with Gasteiger partial charge in [0.25, 0.3) is 0 Å². The quantitative estimate of drug-likeness (QED) is 0.540. The molecule has 0 saturated heterocycles. The zero-order chi connectivity index (χ0) is 19.1. The van der Waals surface area contributed by atoms with Gasteiger partial charge in [0.05, 0.1) is 31.9 Å². The van der Waals surface area contributed by atoms with Crippen molar-refractivity contribution in [3.05, 3.63) is 35.0 Å². The van der Waals surface area contributed by atoms with Crippen molar-refractivity contribution in [2.75, 3.05) is 34.0 Å². The topological polar surface area (TPSA) is 95.1 Å². The van der Waals surface area contributed by atoms with Gasteiger partial charge in [0.1, 0.15) is 6.61 Å². The molecule has 1 aliphatic heterocycles. The van der Waals surface area contributed by atoms with E-state index in [4.69, 9.17) is 18.9 Å². The fourth-order valence-corrected chi connectivity index (χ4v) is 2.71. The first-order valence-corrected chi connectivity index (χ1v) is 8.27. The molecule has 0 fully saturated rings. The number of carbonyl (C=O) groups is 2. The summed E-state index contributed by atoms with van der Waals surface area (Å²) in [5.74, 6) is 0.448. The van der Waals surface area contributed by atoms with Crippen LogP contribution in [0.2, 0.25) is 0 Å². The highest BCUT2D eigenvalue weighted by Crippen LogP contribution is 2.39. The van der Waals surface area contributed by atoms with Crippen molar-refractivity contribution in [2.24, 2.45) is 0 Å². The Balaban J connectivity index is 2.46. The number of para-hydroxylation sites is 1. The second-order valence-electron chi connectivity index (χ2n) is 5.51. The molecule has 0 radical (unpaired) electrons. The van der Waals surface area contributed by atoms with Gasteiger partial charge in [0, 0.05) is 18.4 Å². The predicted molar refractivity (Wildman–Crippen MR) is 94.1 cm³/mol. The van der Waals surface area contributed by atoms with Crippen LogP contribution >= 0.6 is 0 Å². The highest BCUT2D eigenvalue weighted by molar-refractivity contribution is 5.95. The Morgan fingerprint density at radius 2 is 2.00 bits per heavy atom. The summed E-state index contributed by atoms with van der Waals surface area (Å²) in [5, 5.41) is 5.36. The Bertz CT molecular complexity index is 701. The summed E-state index contributed by atoms with van der Waals surface area (Å²) in [6, 6.07) is 4.17. The van der Waals surface area contributed by atoms with Crippen molar-refractivity contribution in [1.29, 1.82) is 0 Å². The van der Waals surface area contributed by atoms with Crippen LogP contribution in [0.5, 0.6) is 11.5 Å². The fourth-order valence-electron chi connectivity index (χ4n) is 2.71. The minimum absolute atomic E-state index is 0.114. The fraction of sp³-hybridized carbons (Fsp3) is 0.444. The van der Waals surface area contributed by atoms with Gasteiger partial charge in [-0.15, -0.1) is 0 Å². The number of benzene rings is 1. The molecule has 0 spiro atoms. The van der Waals surface area contributed by atoms with Gasteiger partial charge in [-0.1, -0.05) is 12.1 Å². The van der Waals surface area contributed by atoms with Crippen LogP contribution in [-0.2, 0) is 14.3 Å². The first-order chi connectivity index (χ1) is 12.5. The van der Waals surface area contributed by atoms with Gasteiger partial charge in [-0.25, -0.2) is 9.59 Å². The molecule has 142 valence electrons. The number of carbonyl (C=O) groups excluding carboxylic acids is 2. The molecule has 0 bridgehead atoms. The Labute approximate surface area is 152 Å². The molecule has 1 aromatic rings. The van der Waals surface area contributed by atoms with E-state index in [1.54, 1.807) is 25.1 Å². The van der Waals surface area contributed by atoms with E-state index in [1.165, 1.54) is 14.2 Å². The zero-order valence-corrected chi connectivity index (χ0v) is 15.4. The van der Waals surface area contributed by atoms with Gasteiger partial charge in [-0.05, 0) is 19.9 Å². The number of allylic oxidation sites excluding steroid dienone is 1. The Hall–Kier alpha value is -2.74. The molecule has 1 atom stereocenters. The number of rotatable bonds is 8. The zero-order valence-electron chi connectivity index (χ0n) is 15.4. The minimum Gasteiger partial charge on any atom is -0.493 e. The summed E-state index contributed by atoms with van der Waals surface area (Å²) < 4.78 is 21.2. The normalized spacial score (nSPS) is 16.6. The molecule has 1 heterocycles. The highest BCUT2D eigenvalue weighted by atomic mass is 16.6. The molecule has 1 aliphatic rings. The van der Waals surface area contributed by atoms with E-state index in [-0.39, 0.29) is 13.2 Å². The SMILES string of the molecule is CCOc1c(OC)cccc1[C@H]1NC(=O)NC(C)=C1C(=O)OCCOC. The number of methoxy groups -OCH3 is 2. The molecule has 1 aromatic carbocycles. The molecule has 0 saturated carbocycles. The number of ether oxygens (including phenoxy) is 4. The van der Waals surface area contributed by atoms with Crippen LogP contribution in [0, 0.1) is 0 Å². The van der Waals surface area contributed by atoms with Crippen molar-refractivity contribution < 1.29 is 28.5 Å². The van der Waals surface area contributed by atoms with E-state index in [0.717, 1.165) is 0 Å². The first kappa shape index (κ1) is 19.6. The summed E-state index contributed by atoms with van der Waals surface area (Å²) in [4.78, 5) is 24.6. The third-order valence-corrected chi connectivity index (χ3v) is 3.84. The Kier molecular flexibility index (Phi) is 6.85. The highest BCUT2D eigenvalue weighted by Gasteiger charge is 2.34. The Morgan fingerprint density at radius 1 is 1.23 bits per heavy atom. The van der Waals surface area contributed by atoms with E-state index in [9.17, 15) is 9.59 Å². The molecule has 8 nitrogen and oxygen atoms in total. The van der Waals surface area contributed by atoms with Crippen LogP contribution in [0.1, 0.15) is 25.5 Å². The maximum atomic E-state index is 12.6. The van der Waals surface area contributed by atoms with Crippen molar-refractivity contribution in [3.8, 4) is 11.5 Å². The number of hydrogen-bond donors (Lipinski definition) is 2. The lowest BCUT2D eigenvalue weighted by molar-refractivity contribution is -0.140. The van der Waals surface area contributed by atoms with Crippen LogP contribution < -0.4 is 20.1 Å². The van der Waals surface area contributed by atoms with E-state index in [2.05, 4.69) is 10.6 Å². The monoisotopic (exact) mass is 364 g/mol. The maximum absolute atomic E-state index is 12.6. The molecule has 2 rings (SSSR count). The van der Waals surface area contributed by atoms with Crippen LogP contribution in [-0.4, -0.2) is 46.0 Å². The lowest BCUT2D eigenvalue weighted by Crippen LogP contribution is -2.45. The van der Waals surface area contributed by atoms with E-state index >= 15 is 0 Å². The molecule has 0 aromatic heterocycles. The number of amides is 2. The number of hydrogen-bond acceptors (Lipinski definition) is 6. The Morgan fingerprint density at radius 3 is 2.65 bits per heavy atom. The van der Waals surface area contributed by atoms with Gasteiger partial charge < -0.3 is 29.6 Å². The van der Waals surface area contributed by atoms with Gasteiger partial charge >= 0.3 is 12.0 Å². The minimum atomic E-state index is -0.726. The van der Waals surface area contributed by atoms with Gasteiger partial charge in [-0.3, -0.25) is 0 Å². The second kappa shape index (κ2) is 9.10. The van der Waals surface area contributed by atoms with E-state index in [1.807, 2.05) is 6.92 Å². The summed E-state index contributed by atoms with van der Waals surface area (Å²) in [5.41, 5.74) is 1.33. The molecular weight excluding hydrogens is 340 g/mol.